The van der Waals surface area contributed by atoms with Crippen molar-refractivity contribution in [1.29, 1.82) is 0 Å². The molecular weight excluding hydrogens is 250 g/mol. The third-order valence-corrected chi connectivity index (χ3v) is 2.37. The van der Waals surface area contributed by atoms with Gasteiger partial charge in [0.2, 0.25) is 5.91 Å². The first kappa shape index (κ1) is 17.4. The number of carboxylic acid groups (broad SMARTS) is 1. The van der Waals surface area contributed by atoms with Crippen LogP contribution < -0.4 is 10.6 Å². The molecule has 0 atom stereocenters. The lowest BCUT2D eigenvalue weighted by Gasteiger charge is -2.21. The van der Waals surface area contributed by atoms with Crippen molar-refractivity contribution in [3.05, 3.63) is 0 Å². The number of carboxylic acids is 1. The van der Waals surface area contributed by atoms with Gasteiger partial charge in [-0.2, -0.15) is 0 Å². The van der Waals surface area contributed by atoms with Gasteiger partial charge in [-0.1, -0.05) is 13.8 Å². The van der Waals surface area contributed by atoms with E-state index in [0.717, 1.165) is 0 Å². The number of hydrogen-bond donors (Lipinski definition) is 3. The Morgan fingerprint density at radius 1 is 1.16 bits per heavy atom. The SMILES string of the molecule is CN(C)CCNC(=O)NC(=O)CC(C)(C)CC(=O)O. The number of carbonyl (C=O) groups excluding carboxylic acids is 2. The quantitative estimate of drug-likeness (QED) is 0.618. The molecule has 7 nitrogen and oxygen atoms in total. The predicted molar refractivity (Wildman–Crippen MR) is 70.7 cm³/mol. The zero-order chi connectivity index (χ0) is 15.1. The van der Waals surface area contributed by atoms with E-state index in [1.54, 1.807) is 13.8 Å². The van der Waals surface area contributed by atoms with Crippen LogP contribution in [0.4, 0.5) is 4.79 Å². The normalized spacial score (nSPS) is 11.2. The van der Waals surface area contributed by atoms with E-state index >= 15 is 0 Å². The average Bonchev–Trinajstić information content (AvgIpc) is 2.12. The first-order chi connectivity index (χ1) is 8.62. The first-order valence-corrected chi connectivity index (χ1v) is 6.06. The summed E-state index contributed by atoms with van der Waals surface area (Å²) in [5.74, 6) is -1.44. The van der Waals surface area contributed by atoms with E-state index in [1.165, 1.54) is 0 Å². The first-order valence-electron chi connectivity index (χ1n) is 6.06. The molecule has 0 unspecified atom stereocenters. The second-order valence-corrected chi connectivity index (χ2v) is 5.52. The topological polar surface area (TPSA) is 98.7 Å². The Morgan fingerprint density at radius 3 is 2.21 bits per heavy atom. The fraction of sp³-hybridized carbons (Fsp3) is 0.750. The summed E-state index contributed by atoms with van der Waals surface area (Å²) in [5, 5.41) is 13.4. The van der Waals surface area contributed by atoms with Gasteiger partial charge in [0.15, 0.2) is 0 Å². The molecule has 0 rings (SSSR count). The van der Waals surface area contributed by atoms with Gasteiger partial charge in [0.1, 0.15) is 0 Å². The molecule has 110 valence electrons. The Labute approximate surface area is 113 Å². The van der Waals surface area contributed by atoms with E-state index in [1.807, 2.05) is 19.0 Å². The Balaban J connectivity index is 4.03. The Bertz CT molecular complexity index is 340. The smallest absolute Gasteiger partial charge is 0.321 e. The van der Waals surface area contributed by atoms with Crippen LogP contribution in [-0.4, -0.2) is 55.1 Å². The predicted octanol–water partition coefficient (Wildman–Crippen LogP) is 0.265. The highest BCUT2D eigenvalue weighted by atomic mass is 16.4. The molecule has 0 heterocycles. The summed E-state index contributed by atoms with van der Waals surface area (Å²) in [7, 11) is 3.75. The van der Waals surface area contributed by atoms with Gasteiger partial charge in [-0.3, -0.25) is 14.9 Å². The van der Waals surface area contributed by atoms with Gasteiger partial charge in [-0.25, -0.2) is 4.79 Å². The van der Waals surface area contributed by atoms with Crippen LogP contribution in [0.25, 0.3) is 0 Å². The molecule has 0 aromatic heterocycles. The number of amides is 3. The third-order valence-electron chi connectivity index (χ3n) is 2.37. The van der Waals surface area contributed by atoms with Gasteiger partial charge in [0, 0.05) is 19.5 Å². The zero-order valence-corrected chi connectivity index (χ0v) is 11.9. The lowest BCUT2D eigenvalue weighted by Crippen LogP contribution is -2.43. The number of likely N-dealkylation sites (N-methyl/N-ethyl adjacent to an activating group) is 1. The molecule has 7 heteroatoms. The van der Waals surface area contributed by atoms with Crippen molar-refractivity contribution in [2.24, 2.45) is 5.41 Å². The number of carbonyl (C=O) groups is 3. The van der Waals surface area contributed by atoms with E-state index in [9.17, 15) is 14.4 Å². The van der Waals surface area contributed by atoms with Crippen LogP contribution in [0.15, 0.2) is 0 Å². The molecule has 3 N–H and O–H groups in total. The number of nitrogens with one attached hydrogen (secondary N) is 2. The van der Waals surface area contributed by atoms with E-state index in [-0.39, 0.29) is 12.8 Å². The standard InChI is InChI=1S/C12H23N3O4/c1-12(2,8-10(17)18)7-9(16)14-11(19)13-5-6-15(3)4/h5-8H2,1-4H3,(H,17,18)(H2,13,14,16,19). The molecule has 0 aromatic rings. The molecule has 0 fully saturated rings. The van der Waals surface area contributed by atoms with Crippen LogP contribution in [0.1, 0.15) is 26.7 Å². The van der Waals surface area contributed by atoms with Gasteiger partial charge in [-0.05, 0) is 19.5 Å². The minimum Gasteiger partial charge on any atom is -0.481 e. The summed E-state index contributed by atoms with van der Waals surface area (Å²) in [4.78, 5) is 35.4. The molecule has 0 radical (unpaired) electrons. The van der Waals surface area contributed by atoms with Crippen molar-refractivity contribution >= 4 is 17.9 Å². The molecule has 19 heavy (non-hydrogen) atoms. The molecule has 0 saturated heterocycles. The van der Waals surface area contributed by atoms with Gasteiger partial charge < -0.3 is 15.3 Å². The number of nitrogens with zero attached hydrogens (tertiary/aromatic N) is 1. The molecule has 0 aliphatic carbocycles. The van der Waals surface area contributed by atoms with Gasteiger partial charge in [-0.15, -0.1) is 0 Å². The number of imide groups is 1. The highest BCUT2D eigenvalue weighted by Crippen LogP contribution is 2.24. The van der Waals surface area contributed by atoms with Crippen LogP contribution >= 0.6 is 0 Å². The minimum absolute atomic E-state index is 0.0135. The second-order valence-electron chi connectivity index (χ2n) is 5.52. The lowest BCUT2D eigenvalue weighted by atomic mass is 9.85. The van der Waals surface area contributed by atoms with Crippen molar-refractivity contribution in [1.82, 2.24) is 15.5 Å². The van der Waals surface area contributed by atoms with Crippen LogP contribution in [0, 0.1) is 5.41 Å². The molecule has 0 aliphatic rings. The summed E-state index contributed by atoms with van der Waals surface area (Å²) in [6, 6.07) is -0.557. The van der Waals surface area contributed by atoms with Crippen molar-refractivity contribution < 1.29 is 19.5 Å². The lowest BCUT2D eigenvalue weighted by molar-refractivity contribution is -0.139. The monoisotopic (exact) mass is 273 g/mol. The van der Waals surface area contributed by atoms with Crippen LogP contribution in [0.2, 0.25) is 0 Å². The molecule has 0 aliphatic heterocycles. The molecule has 0 saturated carbocycles. The van der Waals surface area contributed by atoms with Gasteiger partial charge in [0.05, 0.1) is 6.42 Å². The van der Waals surface area contributed by atoms with E-state index < -0.39 is 23.3 Å². The van der Waals surface area contributed by atoms with Crippen LogP contribution in [0.3, 0.4) is 0 Å². The van der Waals surface area contributed by atoms with Gasteiger partial charge >= 0.3 is 12.0 Å². The fourth-order valence-corrected chi connectivity index (χ4v) is 1.51. The number of urea groups is 1. The van der Waals surface area contributed by atoms with Crippen molar-refractivity contribution in [3.8, 4) is 0 Å². The third kappa shape index (κ3) is 10.0. The van der Waals surface area contributed by atoms with Crippen LogP contribution in [-0.2, 0) is 9.59 Å². The van der Waals surface area contributed by atoms with E-state index in [4.69, 9.17) is 5.11 Å². The molecular formula is C12H23N3O4. The Morgan fingerprint density at radius 2 is 1.74 bits per heavy atom. The molecule has 0 bridgehead atoms. The summed E-state index contributed by atoms with van der Waals surface area (Å²) >= 11 is 0. The van der Waals surface area contributed by atoms with Crippen molar-refractivity contribution in [2.75, 3.05) is 27.2 Å². The van der Waals surface area contributed by atoms with Crippen molar-refractivity contribution in [3.63, 3.8) is 0 Å². The van der Waals surface area contributed by atoms with Crippen molar-refractivity contribution in [2.45, 2.75) is 26.7 Å². The van der Waals surface area contributed by atoms with E-state index in [0.29, 0.717) is 13.1 Å². The van der Waals surface area contributed by atoms with Gasteiger partial charge in [0.25, 0.3) is 0 Å². The molecule has 3 amide bonds. The Hall–Kier alpha value is -1.63. The highest BCUT2D eigenvalue weighted by molar-refractivity contribution is 5.94. The summed E-state index contributed by atoms with van der Waals surface area (Å²) in [5.41, 5.74) is -0.681. The molecule has 0 aromatic carbocycles. The summed E-state index contributed by atoms with van der Waals surface area (Å²) in [6.07, 6.45) is -0.136. The zero-order valence-electron chi connectivity index (χ0n) is 11.9. The fourth-order valence-electron chi connectivity index (χ4n) is 1.51. The largest absolute Gasteiger partial charge is 0.481 e. The second kappa shape index (κ2) is 7.73. The van der Waals surface area contributed by atoms with Crippen LogP contribution in [0.5, 0.6) is 0 Å². The summed E-state index contributed by atoms with van der Waals surface area (Å²) < 4.78 is 0. The number of aliphatic carboxylic acids is 1. The maximum absolute atomic E-state index is 11.6. The van der Waals surface area contributed by atoms with E-state index in [2.05, 4.69) is 10.6 Å². The highest BCUT2D eigenvalue weighted by Gasteiger charge is 2.25. The Kier molecular flexibility index (Phi) is 7.06. The molecule has 0 spiro atoms. The maximum atomic E-state index is 11.6. The maximum Gasteiger partial charge on any atom is 0.321 e. The summed E-state index contributed by atoms with van der Waals surface area (Å²) in [6.45, 7) is 4.45. The number of hydrogen-bond acceptors (Lipinski definition) is 4. The number of rotatable bonds is 7. The average molecular weight is 273 g/mol. The minimum atomic E-state index is -0.965.